The van der Waals surface area contributed by atoms with Crippen molar-refractivity contribution >= 4 is 51.4 Å². The minimum Gasteiger partial charge on any atom is -0.381 e. The van der Waals surface area contributed by atoms with Crippen LogP contribution in [0.5, 0.6) is 0 Å². The number of alkyl halides is 3. The van der Waals surface area contributed by atoms with Crippen LogP contribution in [0.15, 0.2) is 61.8 Å². The van der Waals surface area contributed by atoms with Crippen molar-refractivity contribution in [1.29, 1.82) is 0 Å². The Bertz CT molecular complexity index is 1720. The monoisotopic (exact) mass is 559 g/mol. The zero-order chi connectivity index (χ0) is 26.6. The van der Waals surface area contributed by atoms with E-state index in [1.54, 1.807) is 24.4 Å². The smallest absolute Gasteiger partial charge is 0.381 e. The van der Waals surface area contributed by atoms with Gasteiger partial charge in [-0.2, -0.15) is 28.4 Å². The summed E-state index contributed by atoms with van der Waals surface area (Å²) in [5.41, 5.74) is 1.01. The van der Waals surface area contributed by atoms with Crippen LogP contribution in [0.1, 0.15) is 28.0 Å². The lowest BCUT2D eigenvalue weighted by atomic mass is 10.1. The lowest BCUT2D eigenvalue weighted by Gasteiger charge is -2.25. The molecule has 0 saturated carbocycles. The summed E-state index contributed by atoms with van der Waals surface area (Å²) < 4.78 is 47.2. The quantitative estimate of drug-likeness (QED) is 0.352. The number of fused-ring (bicyclic) bond motifs is 2. The van der Waals surface area contributed by atoms with Gasteiger partial charge in [0.25, 0.3) is 11.5 Å². The minimum absolute atomic E-state index is 0.0108. The molecule has 1 amide bonds. The third kappa shape index (κ3) is 4.54. The molecule has 0 atom stereocenters. The predicted molar refractivity (Wildman–Crippen MR) is 137 cm³/mol. The van der Waals surface area contributed by atoms with Crippen molar-refractivity contribution in [2.45, 2.75) is 25.7 Å². The van der Waals surface area contributed by atoms with Gasteiger partial charge in [-0.1, -0.05) is 23.7 Å². The normalized spacial score (nSPS) is 16.9. The number of rotatable bonds is 3. The first kappa shape index (κ1) is 24.6. The van der Waals surface area contributed by atoms with Crippen LogP contribution in [0, 0.1) is 0 Å². The standard InChI is InChI=1S/C25H17ClF3N5O3S/c26-16-3-2-14(18(9-16)25(27,28)29)11-34-19-4-1-13(7-15(19)10-30-34)8-21-23(36)31-24(38-21)33-6-5-17-20(12-33)37-32-22(17)35/h1-4,7-10H,5-6,11-12H2,(H,32,35)/b21-8-. The fraction of sp³-hybridized carbons (Fsp3) is 0.200. The van der Waals surface area contributed by atoms with Crippen LogP contribution in [0.25, 0.3) is 17.0 Å². The molecule has 38 heavy (non-hydrogen) atoms. The number of aliphatic imine (C=N–C) groups is 1. The highest BCUT2D eigenvalue weighted by Crippen LogP contribution is 2.35. The summed E-state index contributed by atoms with van der Waals surface area (Å²) in [5, 5.41) is 7.87. The number of thioether (sulfide) groups is 1. The minimum atomic E-state index is -4.54. The van der Waals surface area contributed by atoms with E-state index in [9.17, 15) is 22.8 Å². The van der Waals surface area contributed by atoms with Gasteiger partial charge < -0.3 is 9.42 Å². The number of carbonyl (C=O) groups excluding carboxylic acids is 1. The van der Waals surface area contributed by atoms with E-state index in [0.717, 1.165) is 11.6 Å². The topological polar surface area (TPSA) is 96.5 Å². The Morgan fingerprint density at radius 2 is 2.03 bits per heavy atom. The molecular weight excluding hydrogens is 543 g/mol. The average molecular weight is 560 g/mol. The molecule has 0 spiro atoms. The van der Waals surface area contributed by atoms with Gasteiger partial charge in [0.1, 0.15) is 0 Å². The molecule has 0 unspecified atom stereocenters. The van der Waals surface area contributed by atoms with Gasteiger partial charge >= 0.3 is 6.18 Å². The third-order valence-electron chi connectivity index (χ3n) is 6.38. The lowest BCUT2D eigenvalue weighted by molar-refractivity contribution is -0.138. The van der Waals surface area contributed by atoms with Crippen LogP contribution in [-0.2, 0) is 30.5 Å². The molecule has 2 aromatic heterocycles. The molecule has 2 aliphatic rings. The number of H-pyrrole nitrogens is 1. The Balaban J connectivity index is 1.21. The highest BCUT2D eigenvalue weighted by atomic mass is 35.5. The van der Waals surface area contributed by atoms with E-state index in [1.807, 2.05) is 11.0 Å². The molecule has 4 heterocycles. The van der Waals surface area contributed by atoms with Crippen molar-refractivity contribution in [2.75, 3.05) is 6.54 Å². The number of amidine groups is 1. The van der Waals surface area contributed by atoms with Crippen molar-refractivity contribution in [1.82, 2.24) is 19.8 Å². The fourth-order valence-electron chi connectivity index (χ4n) is 4.52. The second-order valence-electron chi connectivity index (χ2n) is 8.84. The Morgan fingerprint density at radius 3 is 2.84 bits per heavy atom. The fourth-order valence-corrected chi connectivity index (χ4v) is 5.63. The van der Waals surface area contributed by atoms with Gasteiger partial charge in [-0.15, -0.1) is 0 Å². The summed E-state index contributed by atoms with van der Waals surface area (Å²) in [6, 6.07) is 9.02. The Hall–Kier alpha value is -3.77. The van der Waals surface area contributed by atoms with E-state index in [1.165, 1.54) is 28.6 Å². The van der Waals surface area contributed by atoms with Crippen LogP contribution in [0.4, 0.5) is 13.2 Å². The molecule has 0 aliphatic carbocycles. The number of aromatic amines is 1. The van der Waals surface area contributed by atoms with E-state index in [-0.39, 0.29) is 28.6 Å². The number of hydrogen-bond donors (Lipinski definition) is 1. The van der Waals surface area contributed by atoms with Crippen LogP contribution in [-0.4, -0.2) is 37.5 Å². The number of aromatic nitrogens is 3. The molecule has 1 N–H and O–H groups in total. The Labute approximate surface area is 221 Å². The summed E-state index contributed by atoms with van der Waals surface area (Å²) in [7, 11) is 0. The van der Waals surface area contributed by atoms with Crippen LogP contribution in [0.2, 0.25) is 5.02 Å². The summed E-state index contributed by atoms with van der Waals surface area (Å²) in [6.07, 6.45) is -0.759. The van der Waals surface area contributed by atoms with Gasteiger partial charge in [-0.25, -0.2) is 0 Å². The number of carbonyl (C=O) groups is 1. The van der Waals surface area contributed by atoms with Crippen molar-refractivity contribution in [3.8, 4) is 0 Å². The van der Waals surface area contributed by atoms with E-state index in [2.05, 4.69) is 15.2 Å². The molecule has 0 saturated heterocycles. The number of hydrogen-bond acceptors (Lipinski definition) is 6. The number of nitrogens with one attached hydrogen (secondary N) is 1. The van der Waals surface area contributed by atoms with Crippen molar-refractivity contribution in [2.24, 2.45) is 4.99 Å². The van der Waals surface area contributed by atoms with Gasteiger partial charge in [0.15, 0.2) is 10.9 Å². The number of nitrogens with zero attached hydrogens (tertiary/aromatic N) is 4. The maximum absolute atomic E-state index is 13.5. The van der Waals surface area contributed by atoms with Gasteiger partial charge in [0.05, 0.1) is 40.8 Å². The highest BCUT2D eigenvalue weighted by molar-refractivity contribution is 8.18. The van der Waals surface area contributed by atoms with Crippen LogP contribution in [0.3, 0.4) is 0 Å². The molecule has 8 nitrogen and oxygen atoms in total. The number of amides is 1. The Morgan fingerprint density at radius 1 is 1.18 bits per heavy atom. The molecule has 2 aromatic carbocycles. The van der Waals surface area contributed by atoms with Crippen LogP contribution >= 0.6 is 23.4 Å². The Kier molecular flexibility index (Phi) is 5.95. The largest absolute Gasteiger partial charge is 0.416 e. The molecule has 194 valence electrons. The summed E-state index contributed by atoms with van der Waals surface area (Å²) in [6.45, 7) is 0.798. The molecule has 4 aromatic rings. The first-order valence-electron chi connectivity index (χ1n) is 11.4. The van der Waals surface area contributed by atoms with E-state index >= 15 is 0 Å². The van der Waals surface area contributed by atoms with Gasteiger partial charge in [0, 0.05) is 17.0 Å². The maximum Gasteiger partial charge on any atom is 0.416 e. The predicted octanol–water partition coefficient (Wildman–Crippen LogP) is 5.07. The van der Waals surface area contributed by atoms with Gasteiger partial charge in [-0.3, -0.25) is 14.3 Å². The maximum atomic E-state index is 13.5. The molecule has 0 radical (unpaired) electrons. The molecule has 13 heteroatoms. The second kappa shape index (κ2) is 9.21. The van der Waals surface area contributed by atoms with Gasteiger partial charge in [-0.05, 0) is 59.7 Å². The third-order valence-corrected chi connectivity index (χ3v) is 7.66. The molecule has 2 aliphatic heterocycles. The number of benzene rings is 2. The highest BCUT2D eigenvalue weighted by Gasteiger charge is 2.34. The summed E-state index contributed by atoms with van der Waals surface area (Å²) in [5.74, 6) is 0.169. The SMILES string of the molecule is O=C1N=C(N2CCc3c(o[nH]c3=O)C2)S/C1=C\c1ccc2c(cnn2Cc2ccc(Cl)cc2C(F)(F)F)c1. The van der Waals surface area contributed by atoms with E-state index in [4.69, 9.17) is 16.1 Å². The molecular formula is C25H17ClF3N5O3S. The van der Waals surface area contributed by atoms with Crippen molar-refractivity contribution in [3.05, 3.63) is 90.9 Å². The van der Waals surface area contributed by atoms with Crippen LogP contribution < -0.4 is 5.56 Å². The van der Waals surface area contributed by atoms with E-state index < -0.39 is 11.7 Å². The molecule has 0 bridgehead atoms. The lowest BCUT2D eigenvalue weighted by Crippen LogP contribution is -2.34. The van der Waals surface area contributed by atoms with Gasteiger partial charge in [0.2, 0.25) is 0 Å². The first-order chi connectivity index (χ1) is 18.2. The number of halogens is 4. The first-order valence-corrected chi connectivity index (χ1v) is 12.6. The average Bonchev–Trinajstić information content (AvgIpc) is 3.56. The molecule has 0 fully saturated rings. The van der Waals surface area contributed by atoms with Crippen molar-refractivity contribution < 1.29 is 22.5 Å². The zero-order valence-electron chi connectivity index (χ0n) is 19.4. The second-order valence-corrected chi connectivity index (χ2v) is 10.3. The summed E-state index contributed by atoms with van der Waals surface area (Å²) >= 11 is 7.03. The van der Waals surface area contributed by atoms with Crippen molar-refractivity contribution in [3.63, 3.8) is 0 Å². The zero-order valence-corrected chi connectivity index (χ0v) is 21.0. The summed E-state index contributed by atoms with van der Waals surface area (Å²) in [4.78, 5) is 30.8. The van der Waals surface area contributed by atoms with E-state index in [0.29, 0.717) is 51.8 Å². The molecule has 6 rings (SSSR count).